The molecule has 1 rings (SSSR count). The van der Waals surface area contributed by atoms with Gasteiger partial charge in [-0.2, -0.15) is 0 Å². The highest BCUT2D eigenvalue weighted by molar-refractivity contribution is 9.10. The fourth-order valence-corrected chi connectivity index (χ4v) is 2.41. The number of benzene rings is 1. The van der Waals surface area contributed by atoms with E-state index in [4.69, 9.17) is 0 Å². The minimum atomic E-state index is -0.869. The van der Waals surface area contributed by atoms with E-state index in [0.717, 1.165) is 25.9 Å². The number of rotatable bonds is 5. The second-order valence-electron chi connectivity index (χ2n) is 6.06. The molecule has 1 aromatic rings. The molecule has 0 atom stereocenters. The lowest BCUT2D eigenvalue weighted by Crippen LogP contribution is -2.17. The van der Waals surface area contributed by atoms with Crippen LogP contribution in [0, 0.1) is 10.1 Å². The third-order valence-electron chi connectivity index (χ3n) is 3.26. The number of anilines is 1. The molecule has 1 aromatic carbocycles. The number of carbonyl (C=O) groups excluding carboxylic acids is 2. The van der Waals surface area contributed by atoms with Crippen molar-refractivity contribution in [3.63, 3.8) is 0 Å². The second kappa shape index (κ2) is 8.11. The van der Waals surface area contributed by atoms with Crippen LogP contribution in [0.4, 0.5) is 11.4 Å². The molecule has 0 unspecified atom stereocenters. The van der Waals surface area contributed by atoms with E-state index in [2.05, 4.69) is 30.7 Å². The maximum atomic E-state index is 11.8. The Bertz CT molecular complexity index is 737. The summed E-state index contributed by atoms with van der Waals surface area (Å²) in [5, 5.41) is 14.1. The average Bonchev–Trinajstić information content (AvgIpc) is 2.53. The standard InChI is InChI=1S/C16H19BrN2O6/c1-16(2,3)9-6-10(17)14(12(7-9)19(22)23)18-11(15(21)25-5)8-13(20)24-4/h6-8,18H,1-5H3/b11-8+. The van der Waals surface area contributed by atoms with E-state index >= 15 is 0 Å². The van der Waals surface area contributed by atoms with Crippen LogP contribution in [0.5, 0.6) is 0 Å². The summed E-state index contributed by atoms with van der Waals surface area (Å²) in [4.78, 5) is 34.2. The van der Waals surface area contributed by atoms with Gasteiger partial charge in [0.05, 0.1) is 25.2 Å². The average molecular weight is 415 g/mol. The highest BCUT2D eigenvalue weighted by Gasteiger charge is 2.26. The second-order valence-corrected chi connectivity index (χ2v) is 6.91. The topological polar surface area (TPSA) is 108 Å². The van der Waals surface area contributed by atoms with E-state index in [-0.39, 0.29) is 22.5 Å². The van der Waals surface area contributed by atoms with Crippen molar-refractivity contribution in [2.75, 3.05) is 19.5 Å². The van der Waals surface area contributed by atoms with Crippen LogP contribution in [-0.2, 0) is 24.5 Å². The summed E-state index contributed by atoms with van der Waals surface area (Å²) in [5.74, 6) is -1.68. The van der Waals surface area contributed by atoms with E-state index in [1.165, 1.54) is 6.07 Å². The predicted molar refractivity (Wildman–Crippen MR) is 95.2 cm³/mol. The number of nitrogens with zero attached hydrogens (tertiary/aromatic N) is 1. The Morgan fingerprint density at radius 1 is 1.24 bits per heavy atom. The first-order valence-corrected chi connectivity index (χ1v) is 7.94. The Labute approximate surface area is 153 Å². The number of hydrogen-bond acceptors (Lipinski definition) is 7. The summed E-state index contributed by atoms with van der Waals surface area (Å²) >= 11 is 3.28. The highest BCUT2D eigenvalue weighted by atomic mass is 79.9. The number of methoxy groups -OCH3 is 2. The van der Waals surface area contributed by atoms with Gasteiger partial charge in [-0.15, -0.1) is 0 Å². The molecular weight excluding hydrogens is 396 g/mol. The predicted octanol–water partition coefficient (Wildman–Crippen LogP) is 3.30. The zero-order valence-corrected chi connectivity index (χ0v) is 16.1. The third kappa shape index (κ3) is 5.28. The number of halogens is 1. The van der Waals surface area contributed by atoms with Crippen molar-refractivity contribution in [1.29, 1.82) is 0 Å². The largest absolute Gasteiger partial charge is 0.466 e. The lowest BCUT2D eigenvalue weighted by atomic mass is 9.86. The van der Waals surface area contributed by atoms with Crippen LogP contribution >= 0.6 is 15.9 Å². The minimum absolute atomic E-state index is 0.0264. The minimum Gasteiger partial charge on any atom is -0.466 e. The number of ether oxygens (including phenoxy) is 2. The number of nitro groups is 1. The zero-order chi connectivity index (χ0) is 19.4. The van der Waals surface area contributed by atoms with Crippen molar-refractivity contribution in [1.82, 2.24) is 0 Å². The number of nitrogens with one attached hydrogen (secondary N) is 1. The first kappa shape index (κ1) is 20.6. The Kier molecular flexibility index (Phi) is 6.69. The third-order valence-corrected chi connectivity index (χ3v) is 3.89. The van der Waals surface area contributed by atoms with Crippen molar-refractivity contribution < 1.29 is 24.0 Å². The molecule has 1 N–H and O–H groups in total. The van der Waals surface area contributed by atoms with Gasteiger partial charge >= 0.3 is 11.9 Å². The number of carbonyl (C=O) groups is 2. The summed E-state index contributed by atoms with van der Waals surface area (Å²) in [7, 11) is 2.27. The summed E-state index contributed by atoms with van der Waals surface area (Å²) < 4.78 is 9.43. The quantitative estimate of drug-likeness (QED) is 0.340. The van der Waals surface area contributed by atoms with Gasteiger partial charge in [0.25, 0.3) is 5.69 Å². The Hall–Kier alpha value is -2.42. The summed E-state index contributed by atoms with van der Waals surface area (Å²) in [6, 6.07) is 3.13. The van der Waals surface area contributed by atoms with Gasteiger partial charge in [-0.1, -0.05) is 20.8 Å². The molecule has 0 radical (unpaired) electrons. The van der Waals surface area contributed by atoms with Crippen molar-refractivity contribution >= 4 is 39.2 Å². The van der Waals surface area contributed by atoms with E-state index in [9.17, 15) is 19.7 Å². The van der Waals surface area contributed by atoms with Gasteiger partial charge in [0.15, 0.2) is 0 Å². The summed E-state index contributed by atoms with van der Waals surface area (Å²) in [5.41, 5.74) is -0.105. The van der Waals surface area contributed by atoms with Gasteiger partial charge < -0.3 is 14.8 Å². The molecule has 0 aliphatic rings. The van der Waals surface area contributed by atoms with Gasteiger partial charge in [-0.3, -0.25) is 10.1 Å². The molecule has 0 bridgehead atoms. The molecule has 0 aromatic heterocycles. The molecule has 0 heterocycles. The highest BCUT2D eigenvalue weighted by Crippen LogP contribution is 2.38. The van der Waals surface area contributed by atoms with Crippen molar-refractivity contribution in [2.45, 2.75) is 26.2 Å². The molecule has 8 nitrogen and oxygen atoms in total. The van der Waals surface area contributed by atoms with E-state index in [1.807, 2.05) is 20.8 Å². The Morgan fingerprint density at radius 3 is 2.28 bits per heavy atom. The monoisotopic (exact) mass is 414 g/mol. The molecule has 0 aliphatic carbocycles. The molecule has 25 heavy (non-hydrogen) atoms. The van der Waals surface area contributed by atoms with Gasteiger partial charge in [0.1, 0.15) is 11.4 Å². The molecule has 0 fully saturated rings. The van der Waals surface area contributed by atoms with Crippen LogP contribution < -0.4 is 5.32 Å². The van der Waals surface area contributed by atoms with Crippen LogP contribution in [0.2, 0.25) is 0 Å². The fourth-order valence-electron chi connectivity index (χ4n) is 1.86. The van der Waals surface area contributed by atoms with Crippen molar-refractivity contribution in [3.05, 3.63) is 44.1 Å². The van der Waals surface area contributed by atoms with E-state index in [0.29, 0.717) is 4.47 Å². The Balaban J connectivity index is 3.49. The van der Waals surface area contributed by atoms with E-state index in [1.54, 1.807) is 6.07 Å². The first-order chi connectivity index (χ1) is 11.5. The molecule has 0 amide bonds. The van der Waals surface area contributed by atoms with Crippen LogP contribution in [0.25, 0.3) is 0 Å². The lowest BCUT2D eigenvalue weighted by Gasteiger charge is -2.20. The SMILES string of the molecule is COC(=O)/C=C(/Nc1c(Br)cc(C(C)(C)C)cc1[N+](=O)[O-])C(=O)OC. The van der Waals surface area contributed by atoms with Gasteiger partial charge in [-0.25, -0.2) is 9.59 Å². The molecular formula is C16H19BrN2O6. The number of nitro benzene ring substituents is 1. The van der Waals surface area contributed by atoms with Crippen molar-refractivity contribution in [2.24, 2.45) is 0 Å². The lowest BCUT2D eigenvalue weighted by molar-refractivity contribution is -0.384. The summed E-state index contributed by atoms with van der Waals surface area (Å²) in [6.45, 7) is 5.76. The molecule has 0 saturated heterocycles. The first-order valence-electron chi connectivity index (χ1n) is 7.14. The maximum Gasteiger partial charge on any atom is 0.354 e. The molecule has 0 saturated carbocycles. The normalized spacial score (nSPS) is 11.7. The van der Waals surface area contributed by atoms with Crippen LogP contribution in [0.1, 0.15) is 26.3 Å². The zero-order valence-electron chi connectivity index (χ0n) is 14.5. The number of hydrogen-bond donors (Lipinski definition) is 1. The number of esters is 2. The fraction of sp³-hybridized carbons (Fsp3) is 0.375. The molecule has 136 valence electrons. The van der Waals surface area contributed by atoms with Gasteiger partial charge in [-0.05, 0) is 33.0 Å². The van der Waals surface area contributed by atoms with Gasteiger partial charge in [0, 0.05) is 10.5 Å². The van der Waals surface area contributed by atoms with Crippen molar-refractivity contribution in [3.8, 4) is 0 Å². The smallest absolute Gasteiger partial charge is 0.354 e. The van der Waals surface area contributed by atoms with Gasteiger partial charge in [0.2, 0.25) is 0 Å². The molecule has 9 heteroatoms. The molecule has 0 aliphatic heterocycles. The van der Waals surface area contributed by atoms with E-state index < -0.39 is 16.9 Å². The maximum absolute atomic E-state index is 11.8. The summed E-state index contributed by atoms with van der Waals surface area (Å²) in [6.07, 6.45) is 0.861. The van der Waals surface area contributed by atoms with Crippen LogP contribution in [0.15, 0.2) is 28.4 Å². The Morgan fingerprint density at radius 2 is 1.84 bits per heavy atom. The van der Waals surface area contributed by atoms with Crippen LogP contribution in [-0.4, -0.2) is 31.1 Å². The molecule has 0 spiro atoms. The van der Waals surface area contributed by atoms with Crippen LogP contribution in [0.3, 0.4) is 0 Å².